The van der Waals surface area contributed by atoms with Crippen molar-refractivity contribution in [3.8, 4) is 5.75 Å². The van der Waals surface area contributed by atoms with Gasteiger partial charge in [-0.3, -0.25) is 0 Å². The van der Waals surface area contributed by atoms with Crippen LogP contribution in [0.4, 0.5) is 0 Å². The number of rotatable bonds is 12. The van der Waals surface area contributed by atoms with Gasteiger partial charge in [-0.15, -0.1) is 0 Å². The number of hydrogen-bond acceptors (Lipinski definition) is 4. The second-order valence-electron chi connectivity index (χ2n) is 10.0. The normalized spacial score (nSPS) is 11.7. The van der Waals surface area contributed by atoms with E-state index in [-0.39, 0.29) is 18.2 Å². The van der Waals surface area contributed by atoms with Crippen LogP contribution in [-0.2, 0) is 22.9 Å². The van der Waals surface area contributed by atoms with E-state index >= 15 is 0 Å². The van der Waals surface area contributed by atoms with E-state index in [1.165, 1.54) is 12.1 Å². The molecule has 0 fully saturated rings. The molecular weight excluding hydrogens is 572 g/mol. The van der Waals surface area contributed by atoms with Crippen LogP contribution in [0.5, 0.6) is 5.75 Å². The Morgan fingerprint density at radius 1 is 0.905 bits per heavy atom. The third-order valence-corrected chi connectivity index (χ3v) is 8.08. The number of nitrogens with one attached hydrogen (secondary N) is 1. The summed E-state index contributed by atoms with van der Waals surface area (Å²) in [7, 11) is -3.39. The number of fused-ring (bicyclic) bond motifs is 1. The Bertz CT molecular complexity index is 1750. The van der Waals surface area contributed by atoms with E-state index in [4.69, 9.17) is 16.3 Å². The van der Waals surface area contributed by atoms with Crippen molar-refractivity contribution in [2.24, 2.45) is 0 Å². The van der Waals surface area contributed by atoms with Crippen LogP contribution in [-0.4, -0.2) is 43.5 Å². The van der Waals surface area contributed by atoms with Gasteiger partial charge in [-0.25, -0.2) is 17.9 Å². The fourth-order valence-electron chi connectivity index (χ4n) is 5.33. The van der Waals surface area contributed by atoms with Crippen molar-refractivity contribution >= 4 is 38.5 Å². The molecule has 0 spiro atoms. The lowest BCUT2D eigenvalue weighted by atomic mass is 9.97. The number of aromatic nitrogens is 1. The third kappa shape index (κ3) is 6.85. The highest BCUT2D eigenvalue weighted by Gasteiger charge is 2.25. The van der Waals surface area contributed by atoms with E-state index < -0.39 is 16.0 Å². The average molecular weight is 603 g/mol. The van der Waals surface area contributed by atoms with Crippen LogP contribution in [0.25, 0.3) is 10.9 Å². The summed E-state index contributed by atoms with van der Waals surface area (Å²) in [4.78, 5) is 11.2. The molecule has 0 aliphatic rings. The molecule has 1 aromatic heterocycles. The van der Waals surface area contributed by atoms with Gasteiger partial charge in [-0.05, 0) is 59.2 Å². The molecule has 0 bridgehead atoms. The number of sulfonamides is 1. The lowest BCUT2D eigenvalue weighted by Crippen LogP contribution is -2.26. The number of ether oxygens (including phenoxy) is 1. The van der Waals surface area contributed by atoms with Gasteiger partial charge in [0.15, 0.2) is 0 Å². The van der Waals surface area contributed by atoms with Crippen LogP contribution in [0.3, 0.4) is 0 Å². The molecule has 0 aliphatic heterocycles. The van der Waals surface area contributed by atoms with Gasteiger partial charge in [0.2, 0.25) is 10.0 Å². The Labute approximate surface area is 250 Å². The van der Waals surface area contributed by atoms with Gasteiger partial charge in [0.1, 0.15) is 5.75 Å². The summed E-state index contributed by atoms with van der Waals surface area (Å²) < 4.78 is 34.9. The Balaban J connectivity index is 1.62. The maximum absolute atomic E-state index is 12.0. The van der Waals surface area contributed by atoms with Crippen molar-refractivity contribution in [2.75, 3.05) is 19.4 Å². The zero-order valence-corrected chi connectivity index (χ0v) is 24.6. The molecule has 0 saturated carbocycles. The van der Waals surface area contributed by atoms with E-state index in [1.807, 2.05) is 54.6 Å². The van der Waals surface area contributed by atoms with Crippen LogP contribution >= 0.6 is 11.6 Å². The number of aromatic carboxylic acids is 1. The maximum atomic E-state index is 12.0. The van der Waals surface area contributed by atoms with Crippen LogP contribution in [0, 0.1) is 0 Å². The molecular formula is C33H31ClN2O5S. The van der Waals surface area contributed by atoms with Crippen molar-refractivity contribution in [3.05, 3.63) is 136 Å². The summed E-state index contributed by atoms with van der Waals surface area (Å²) in [6.07, 6.45) is 2.12. The van der Waals surface area contributed by atoms with Crippen LogP contribution in [0.1, 0.15) is 38.8 Å². The predicted molar refractivity (Wildman–Crippen MR) is 166 cm³/mol. The van der Waals surface area contributed by atoms with Gasteiger partial charge in [-0.1, -0.05) is 72.3 Å². The van der Waals surface area contributed by atoms with Crippen molar-refractivity contribution < 1.29 is 23.1 Å². The van der Waals surface area contributed by atoms with Crippen molar-refractivity contribution in [1.29, 1.82) is 0 Å². The summed E-state index contributed by atoms with van der Waals surface area (Å²) >= 11 is 6.52. The minimum Gasteiger partial charge on any atom is -0.493 e. The first kappa shape index (κ1) is 29.4. The molecule has 5 aromatic rings. The monoisotopic (exact) mass is 602 g/mol. The Morgan fingerprint density at radius 2 is 1.52 bits per heavy atom. The number of carboxylic acids is 1. The second kappa shape index (κ2) is 12.8. The zero-order valence-electron chi connectivity index (χ0n) is 23.0. The van der Waals surface area contributed by atoms with Gasteiger partial charge in [0.05, 0.1) is 24.5 Å². The molecule has 0 aliphatic carbocycles. The lowest BCUT2D eigenvalue weighted by Gasteiger charge is -2.25. The smallest absolute Gasteiger partial charge is 0.335 e. The average Bonchev–Trinajstić information content (AvgIpc) is 3.26. The van der Waals surface area contributed by atoms with Crippen molar-refractivity contribution in [1.82, 2.24) is 9.29 Å². The van der Waals surface area contributed by atoms with Gasteiger partial charge in [0, 0.05) is 41.0 Å². The van der Waals surface area contributed by atoms with E-state index in [0.29, 0.717) is 30.2 Å². The molecule has 216 valence electrons. The first-order valence-corrected chi connectivity index (χ1v) is 15.8. The number of benzene rings is 4. The largest absolute Gasteiger partial charge is 0.493 e. The topological polar surface area (TPSA) is 97.6 Å². The number of carboxylic acid groups (broad SMARTS) is 1. The molecule has 0 saturated heterocycles. The lowest BCUT2D eigenvalue weighted by molar-refractivity contribution is 0.0697. The van der Waals surface area contributed by atoms with Crippen LogP contribution in [0.15, 0.2) is 103 Å². The van der Waals surface area contributed by atoms with E-state index in [9.17, 15) is 18.3 Å². The Morgan fingerprint density at radius 3 is 2.10 bits per heavy atom. The van der Waals surface area contributed by atoms with E-state index in [2.05, 4.69) is 33.6 Å². The number of hydrogen-bond donors (Lipinski definition) is 2. The van der Waals surface area contributed by atoms with Gasteiger partial charge in [-0.2, -0.15) is 0 Å². The number of carbonyl (C=O) groups is 1. The number of nitrogens with zero attached hydrogens (tertiary/aromatic N) is 1. The maximum Gasteiger partial charge on any atom is 0.335 e. The zero-order chi connectivity index (χ0) is 29.7. The molecule has 42 heavy (non-hydrogen) atoms. The molecule has 9 heteroatoms. The highest BCUT2D eigenvalue weighted by Crippen LogP contribution is 2.37. The minimum absolute atomic E-state index is 0.178. The summed E-state index contributed by atoms with van der Waals surface area (Å²) in [6, 6.07) is 32.4. The van der Waals surface area contributed by atoms with Crippen molar-refractivity contribution in [3.63, 3.8) is 0 Å². The van der Waals surface area contributed by atoms with E-state index in [0.717, 1.165) is 39.5 Å². The van der Waals surface area contributed by atoms with Gasteiger partial charge >= 0.3 is 5.97 Å². The minimum atomic E-state index is -3.39. The number of halogens is 1. The Kier molecular flexibility index (Phi) is 8.97. The fourth-order valence-corrected chi connectivity index (χ4v) is 5.98. The highest BCUT2D eigenvalue weighted by molar-refractivity contribution is 7.88. The second-order valence-corrected chi connectivity index (χ2v) is 12.3. The summed E-state index contributed by atoms with van der Waals surface area (Å²) in [5.74, 6) is -0.432. The summed E-state index contributed by atoms with van der Waals surface area (Å²) in [5, 5.41) is 10.8. The highest BCUT2D eigenvalue weighted by atomic mass is 35.5. The fraction of sp³-hybridized carbons (Fsp3) is 0.182. The van der Waals surface area contributed by atoms with Gasteiger partial charge < -0.3 is 14.4 Å². The third-order valence-electron chi connectivity index (χ3n) is 7.12. The Hall–Kier alpha value is -4.11. The van der Waals surface area contributed by atoms with E-state index in [1.54, 1.807) is 12.1 Å². The van der Waals surface area contributed by atoms with Gasteiger partial charge in [0.25, 0.3) is 0 Å². The molecule has 0 unspecified atom stereocenters. The molecule has 7 nitrogen and oxygen atoms in total. The summed E-state index contributed by atoms with van der Waals surface area (Å²) in [6.45, 7) is 0.551. The molecule has 4 aromatic carbocycles. The molecule has 5 rings (SSSR count). The quantitative estimate of drug-likeness (QED) is 0.174. The van der Waals surface area contributed by atoms with Crippen LogP contribution in [0.2, 0.25) is 5.02 Å². The molecule has 1 heterocycles. The standard InChI is InChI=1S/C33H31ClN2O5S/c1-42(39,40)35-20-18-31-28(19-21-41-27-15-12-25(13-16-27)33(37)38)29-22-26(34)14-17-30(29)36(31)32(23-8-4-2-5-9-23)24-10-6-3-7-11-24/h2-17,22,32,35H,18-21H2,1H3,(H,37,38). The first-order chi connectivity index (χ1) is 20.2. The predicted octanol–water partition coefficient (Wildman–Crippen LogP) is 6.34. The SMILES string of the molecule is CS(=O)(=O)NCCc1c(CCOc2ccc(C(=O)O)cc2)c2cc(Cl)ccc2n1C(c1ccccc1)c1ccccc1. The molecule has 0 amide bonds. The van der Waals surface area contributed by atoms with Crippen molar-refractivity contribution in [2.45, 2.75) is 18.9 Å². The first-order valence-electron chi connectivity index (χ1n) is 13.5. The molecule has 0 atom stereocenters. The molecule has 2 N–H and O–H groups in total. The van der Waals surface area contributed by atoms with Crippen LogP contribution < -0.4 is 9.46 Å². The summed E-state index contributed by atoms with van der Waals surface area (Å²) in [5.41, 5.74) is 5.34. The molecule has 0 radical (unpaired) electrons.